The number of rotatable bonds is 7. The summed E-state index contributed by atoms with van der Waals surface area (Å²) in [6.45, 7) is 1.31. The fourth-order valence-corrected chi connectivity index (χ4v) is 3.78. The van der Waals surface area contributed by atoms with Crippen LogP contribution in [0.4, 0.5) is 13.2 Å². The molecule has 0 saturated carbocycles. The molecule has 4 aromatic rings. The third-order valence-electron chi connectivity index (χ3n) is 5.42. The molecule has 1 atom stereocenters. The number of carbonyl (C=O) groups is 1. The van der Waals surface area contributed by atoms with Crippen molar-refractivity contribution in [3.8, 4) is 22.9 Å². The summed E-state index contributed by atoms with van der Waals surface area (Å²) in [5.74, 6) is -1.30. The number of fused-ring (bicyclic) bond motifs is 1. The number of para-hydroxylation sites is 1. The number of hydrogen-bond donors (Lipinski definition) is 1. The summed E-state index contributed by atoms with van der Waals surface area (Å²) in [5.41, 5.74) is -1.16. The lowest BCUT2D eigenvalue weighted by Gasteiger charge is -2.16. The fraction of sp³-hybridized carbons (Fsp3) is 0.154. The standard InChI is InChI=1S/C26H19ClF3N3O5/c1-14(25(35)36)38-22-16(11-18(27)12-21(22)37-2)13-31-33-23(15-6-5-7-17(10-15)26(28,29)30)32-20-9-4-3-8-19(20)24(33)34/h3-14H,1-2H3,(H,35,36)/t14-/m0/s1. The molecule has 0 fully saturated rings. The van der Waals surface area contributed by atoms with Gasteiger partial charge in [0.25, 0.3) is 5.56 Å². The summed E-state index contributed by atoms with van der Waals surface area (Å²) < 4.78 is 51.9. The molecule has 1 N–H and O–H groups in total. The van der Waals surface area contributed by atoms with E-state index >= 15 is 0 Å². The van der Waals surface area contributed by atoms with Crippen LogP contribution in [0.2, 0.25) is 5.02 Å². The Labute approximate surface area is 218 Å². The van der Waals surface area contributed by atoms with E-state index in [2.05, 4.69) is 10.1 Å². The second-order valence-corrected chi connectivity index (χ2v) is 8.45. The molecule has 0 aliphatic heterocycles. The number of hydrogen-bond acceptors (Lipinski definition) is 6. The number of aliphatic carboxylic acids is 1. The Morgan fingerprint density at radius 3 is 2.58 bits per heavy atom. The highest BCUT2D eigenvalue weighted by Crippen LogP contribution is 2.35. The molecule has 0 unspecified atom stereocenters. The lowest BCUT2D eigenvalue weighted by molar-refractivity contribution is -0.144. The monoisotopic (exact) mass is 545 g/mol. The van der Waals surface area contributed by atoms with Gasteiger partial charge in [-0.25, -0.2) is 9.78 Å². The molecule has 0 spiro atoms. The van der Waals surface area contributed by atoms with Crippen molar-refractivity contribution in [1.82, 2.24) is 9.66 Å². The van der Waals surface area contributed by atoms with Crippen LogP contribution >= 0.6 is 11.6 Å². The molecular weight excluding hydrogens is 527 g/mol. The van der Waals surface area contributed by atoms with Crippen LogP contribution in [0.1, 0.15) is 18.1 Å². The lowest BCUT2D eigenvalue weighted by atomic mass is 10.1. The zero-order valence-electron chi connectivity index (χ0n) is 19.9. The average Bonchev–Trinajstić information content (AvgIpc) is 2.88. The molecule has 4 rings (SSSR count). The molecule has 12 heteroatoms. The molecule has 0 aliphatic rings. The first-order valence-corrected chi connectivity index (χ1v) is 11.4. The van der Waals surface area contributed by atoms with Gasteiger partial charge >= 0.3 is 12.1 Å². The molecule has 0 saturated heterocycles. The van der Waals surface area contributed by atoms with Gasteiger partial charge in [-0.3, -0.25) is 4.79 Å². The minimum atomic E-state index is -4.62. The van der Waals surface area contributed by atoms with Gasteiger partial charge in [-0.05, 0) is 37.3 Å². The number of alkyl halides is 3. The van der Waals surface area contributed by atoms with Crippen LogP contribution in [0.15, 0.2) is 70.6 Å². The van der Waals surface area contributed by atoms with Gasteiger partial charge in [0.2, 0.25) is 0 Å². The van der Waals surface area contributed by atoms with Gasteiger partial charge in [0.1, 0.15) is 0 Å². The third-order valence-corrected chi connectivity index (χ3v) is 5.64. The number of methoxy groups -OCH3 is 1. The Hall–Kier alpha value is -4.38. The van der Waals surface area contributed by atoms with Crippen molar-refractivity contribution in [2.75, 3.05) is 7.11 Å². The summed E-state index contributed by atoms with van der Waals surface area (Å²) >= 11 is 6.18. The van der Waals surface area contributed by atoms with E-state index in [0.29, 0.717) is 0 Å². The van der Waals surface area contributed by atoms with Gasteiger partial charge in [-0.1, -0.05) is 35.9 Å². The van der Waals surface area contributed by atoms with Crippen molar-refractivity contribution in [3.63, 3.8) is 0 Å². The quantitative estimate of drug-likeness (QED) is 0.309. The van der Waals surface area contributed by atoms with E-state index in [0.717, 1.165) is 23.0 Å². The predicted octanol–water partition coefficient (Wildman–Crippen LogP) is 5.48. The summed E-state index contributed by atoms with van der Waals surface area (Å²) in [5, 5.41) is 13.9. The largest absolute Gasteiger partial charge is 0.493 e. The van der Waals surface area contributed by atoms with Crippen LogP contribution in [0.5, 0.6) is 11.5 Å². The van der Waals surface area contributed by atoms with Gasteiger partial charge < -0.3 is 14.6 Å². The first-order valence-electron chi connectivity index (χ1n) is 11.0. The maximum atomic E-state index is 13.4. The van der Waals surface area contributed by atoms with E-state index in [4.69, 9.17) is 21.1 Å². The highest BCUT2D eigenvalue weighted by Gasteiger charge is 2.31. The van der Waals surface area contributed by atoms with E-state index in [1.165, 1.54) is 44.4 Å². The Morgan fingerprint density at radius 1 is 1.16 bits per heavy atom. The molecule has 8 nitrogen and oxygen atoms in total. The zero-order chi connectivity index (χ0) is 27.6. The first kappa shape index (κ1) is 26.7. The van der Waals surface area contributed by atoms with E-state index < -0.39 is 29.4 Å². The minimum absolute atomic E-state index is 0.000486. The number of halogens is 4. The molecule has 38 heavy (non-hydrogen) atoms. The summed E-state index contributed by atoms with van der Waals surface area (Å²) in [7, 11) is 1.33. The van der Waals surface area contributed by atoms with E-state index in [-0.39, 0.29) is 44.4 Å². The SMILES string of the molecule is COc1cc(Cl)cc(C=Nn2c(-c3cccc(C(F)(F)F)c3)nc3ccccc3c2=O)c1O[C@@H](C)C(=O)O. The zero-order valence-corrected chi connectivity index (χ0v) is 20.6. The molecular formula is C26H19ClF3N3O5. The second-order valence-electron chi connectivity index (χ2n) is 8.02. The molecule has 0 bridgehead atoms. The van der Waals surface area contributed by atoms with Gasteiger partial charge in [-0.2, -0.15) is 22.9 Å². The van der Waals surface area contributed by atoms with E-state index in [9.17, 15) is 27.9 Å². The van der Waals surface area contributed by atoms with Gasteiger partial charge in [0, 0.05) is 22.2 Å². The Morgan fingerprint density at radius 2 is 1.89 bits per heavy atom. The van der Waals surface area contributed by atoms with Crippen LogP contribution < -0.4 is 15.0 Å². The minimum Gasteiger partial charge on any atom is -0.493 e. The Bertz CT molecular complexity index is 1620. The van der Waals surface area contributed by atoms with Crippen LogP contribution in [0.25, 0.3) is 22.3 Å². The smallest absolute Gasteiger partial charge is 0.416 e. The van der Waals surface area contributed by atoms with Gasteiger partial charge in [0.05, 0.1) is 29.8 Å². The number of aromatic nitrogens is 2. The maximum Gasteiger partial charge on any atom is 0.416 e. The van der Waals surface area contributed by atoms with Gasteiger partial charge in [-0.15, -0.1) is 0 Å². The number of ether oxygens (including phenoxy) is 2. The van der Waals surface area contributed by atoms with Crippen LogP contribution in [0, 0.1) is 0 Å². The van der Waals surface area contributed by atoms with Crippen molar-refractivity contribution in [2.24, 2.45) is 5.10 Å². The van der Waals surface area contributed by atoms with Crippen LogP contribution in [-0.4, -0.2) is 40.2 Å². The molecule has 196 valence electrons. The van der Waals surface area contributed by atoms with E-state index in [1.54, 1.807) is 18.2 Å². The highest BCUT2D eigenvalue weighted by atomic mass is 35.5. The van der Waals surface area contributed by atoms with Gasteiger partial charge in [0.15, 0.2) is 23.4 Å². The maximum absolute atomic E-state index is 13.4. The topological polar surface area (TPSA) is 103 Å². The number of nitrogens with zero attached hydrogens (tertiary/aromatic N) is 3. The first-order chi connectivity index (χ1) is 18.0. The van der Waals surface area contributed by atoms with E-state index in [1.807, 2.05) is 0 Å². The lowest BCUT2D eigenvalue weighted by Crippen LogP contribution is -2.24. The van der Waals surface area contributed by atoms with Crippen molar-refractivity contribution in [1.29, 1.82) is 0 Å². The van der Waals surface area contributed by atoms with Crippen LogP contribution in [0.3, 0.4) is 0 Å². The Kier molecular flexibility index (Phi) is 7.40. The van der Waals surface area contributed by atoms with Crippen molar-refractivity contribution in [2.45, 2.75) is 19.2 Å². The second kappa shape index (κ2) is 10.5. The molecule has 0 aliphatic carbocycles. The molecule has 1 heterocycles. The van der Waals surface area contributed by atoms with Crippen LogP contribution in [-0.2, 0) is 11.0 Å². The highest BCUT2D eigenvalue weighted by molar-refractivity contribution is 6.31. The number of carboxylic acids is 1. The average molecular weight is 546 g/mol. The predicted molar refractivity (Wildman–Crippen MR) is 135 cm³/mol. The van der Waals surface area contributed by atoms with Crippen molar-refractivity contribution >= 4 is 34.7 Å². The van der Waals surface area contributed by atoms with Crippen molar-refractivity contribution in [3.05, 3.63) is 87.2 Å². The fourth-order valence-electron chi connectivity index (χ4n) is 3.56. The van der Waals surface area contributed by atoms with Crippen molar-refractivity contribution < 1.29 is 32.5 Å². The summed E-state index contributed by atoms with van der Waals surface area (Å²) in [6, 6.07) is 13.5. The molecule has 0 radical (unpaired) electrons. The Balaban J connectivity index is 1.94. The third kappa shape index (κ3) is 5.47. The molecule has 1 aromatic heterocycles. The molecule has 3 aromatic carbocycles. The summed E-state index contributed by atoms with van der Waals surface area (Å²) in [6.07, 6.45) is -4.73. The number of carboxylic acid groups (broad SMARTS) is 1. The molecule has 0 amide bonds. The number of benzene rings is 3. The summed E-state index contributed by atoms with van der Waals surface area (Å²) in [4.78, 5) is 29.2. The normalized spacial score (nSPS) is 12.6.